The van der Waals surface area contributed by atoms with Gasteiger partial charge in [0.05, 0.1) is 28.6 Å². The van der Waals surface area contributed by atoms with Gasteiger partial charge in [-0.1, -0.05) is 0 Å². The SMILES string of the molecule is Fc1cc(OCCN2CCCC2)cc(-c2nccc3[nH]c(-c4n[nH]c5cnc(-c6cncnc6)cc45)nc23)c1. The third kappa shape index (κ3) is 4.57. The number of rotatable bonds is 7. The number of halogens is 1. The van der Waals surface area contributed by atoms with Crippen LogP contribution in [0.25, 0.3) is 56.0 Å². The van der Waals surface area contributed by atoms with Crippen molar-refractivity contribution in [1.29, 1.82) is 0 Å². The monoisotopic (exact) mass is 521 g/mol. The highest BCUT2D eigenvalue weighted by molar-refractivity contribution is 5.96. The summed E-state index contributed by atoms with van der Waals surface area (Å²) >= 11 is 0. The van der Waals surface area contributed by atoms with Gasteiger partial charge in [-0.05, 0) is 50.2 Å². The molecule has 0 bridgehead atoms. The minimum absolute atomic E-state index is 0.388. The van der Waals surface area contributed by atoms with Gasteiger partial charge in [0, 0.05) is 47.7 Å². The largest absolute Gasteiger partial charge is 0.492 e. The van der Waals surface area contributed by atoms with Crippen molar-refractivity contribution in [2.45, 2.75) is 12.8 Å². The highest BCUT2D eigenvalue weighted by Crippen LogP contribution is 2.33. The van der Waals surface area contributed by atoms with Crippen molar-refractivity contribution < 1.29 is 9.13 Å². The van der Waals surface area contributed by atoms with Crippen LogP contribution in [0.2, 0.25) is 0 Å². The Hall–Kier alpha value is -4.77. The van der Waals surface area contributed by atoms with Crippen LogP contribution in [-0.4, -0.2) is 71.2 Å². The third-order valence-electron chi connectivity index (χ3n) is 6.95. The Morgan fingerprint density at radius 3 is 2.67 bits per heavy atom. The normalized spacial score (nSPS) is 14.0. The summed E-state index contributed by atoms with van der Waals surface area (Å²) in [5.74, 6) is 0.647. The van der Waals surface area contributed by atoms with Crippen molar-refractivity contribution in [3.05, 3.63) is 67.3 Å². The van der Waals surface area contributed by atoms with Crippen LogP contribution in [0.1, 0.15) is 12.8 Å². The minimum Gasteiger partial charge on any atom is -0.492 e. The highest BCUT2D eigenvalue weighted by atomic mass is 19.1. The average Bonchev–Trinajstić information content (AvgIpc) is 3.72. The van der Waals surface area contributed by atoms with Crippen molar-refractivity contribution in [2.24, 2.45) is 0 Å². The molecule has 0 radical (unpaired) electrons. The van der Waals surface area contributed by atoms with Crippen molar-refractivity contribution in [2.75, 3.05) is 26.2 Å². The summed E-state index contributed by atoms with van der Waals surface area (Å²) in [5, 5.41) is 8.36. The number of hydrogen-bond acceptors (Lipinski definition) is 8. The molecular formula is C28H24FN9O. The van der Waals surface area contributed by atoms with Crippen LogP contribution in [0, 0.1) is 5.82 Å². The Morgan fingerprint density at radius 2 is 1.79 bits per heavy atom. The lowest BCUT2D eigenvalue weighted by Crippen LogP contribution is -2.25. The zero-order valence-electron chi connectivity index (χ0n) is 20.9. The van der Waals surface area contributed by atoms with E-state index in [1.165, 1.54) is 31.3 Å². The lowest BCUT2D eigenvalue weighted by molar-refractivity contribution is 0.237. The first-order valence-electron chi connectivity index (χ1n) is 12.8. The summed E-state index contributed by atoms with van der Waals surface area (Å²) in [7, 11) is 0. The van der Waals surface area contributed by atoms with Crippen LogP contribution < -0.4 is 4.74 Å². The van der Waals surface area contributed by atoms with Gasteiger partial charge in [0.2, 0.25) is 0 Å². The number of aromatic nitrogens is 8. The smallest absolute Gasteiger partial charge is 0.159 e. The first-order valence-corrected chi connectivity index (χ1v) is 12.8. The van der Waals surface area contributed by atoms with Gasteiger partial charge in [0.25, 0.3) is 0 Å². The quantitative estimate of drug-likeness (QED) is 0.312. The molecule has 2 N–H and O–H groups in total. The van der Waals surface area contributed by atoms with Gasteiger partial charge >= 0.3 is 0 Å². The maximum Gasteiger partial charge on any atom is 0.159 e. The van der Waals surface area contributed by atoms with Gasteiger partial charge in [0.15, 0.2) is 5.82 Å². The molecule has 0 spiro atoms. The van der Waals surface area contributed by atoms with Crippen LogP contribution in [0.5, 0.6) is 5.75 Å². The van der Waals surface area contributed by atoms with Crippen LogP contribution in [0.3, 0.4) is 0 Å². The average molecular weight is 522 g/mol. The Kier molecular flexibility index (Phi) is 5.89. The molecule has 0 saturated carbocycles. The van der Waals surface area contributed by atoms with Gasteiger partial charge in [-0.3, -0.25) is 20.0 Å². The van der Waals surface area contributed by atoms with E-state index in [4.69, 9.17) is 9.72 Å². The molecule has 1 saturated heterocycles. The van der Waals surface area contributed by atoms with Crippen molar-refractivity contribution in [1.82, 2.24) is 45.0 Å². The maximum atomic E-state index is 14.6. The molecule has 6 heterocycles. The molecule has 1 aliphatic heterocycles. The van der Waals surface area contributed by atoms with Gasteiger partial charge in [-0.25, -0.2) is 19.3 Å². The van der Waals surface area contributed by atoms with Gasteiger partial charge in [-0.15, -0.1) is 0 Å². The molecule has 39 heavy (non-hydrogen) atoms. The number of benzene rings is 1. The number of ether oxygens (including phenoxy) is 1. The van der Waals surface area contributed by atoms with Gasteiger partial charge < -0.3 is 9.72 Å². The van der Waals surface area contributed by atoms with E-state index in [9.17, 15) is 4.39 Å². The second kappa shape index (κ2) is 9.84. The Labute approximate surface area is 222 Å². The predicted octanol–water partition coefficient (Wildman–Crippen LogP) is 4.63. The number of nitrogens with zero attached hydrogens (tertiary/aromatic N) is 7. The molecule has 1 fully saturated rings. The zero-order chi connectivity index (χ0) is 26.2. The molecule has 0 atom stereocenters. The summed E-state index contributed by atoms with van der Waals surface area (Å²) < 4.78 is 20.6. The number of hydrogen-bond donors (Lipinski definition) is 2. The maximum absolute atomic E-state index is 14.6. The van der Waals surface area contributed by atoms with E-state index >= 15 is 0 Å². The van der Waals surface area contributed by atoms with Crippen molar-refractivity contribution >= 4 is 21.9 Å². The molecule has 11 heteroatoms. The number of imidazole rings is 1. The van der Waals surface area contributed by atoms with E-state index in [-0.39, 0.29) is 5.82 Å². The number of likely N-dealkylation sites (tertiary alicyclic amines) is 1. The van der Waals surface area contributed by atoms with Crippen LogP contribution in [0.15, 0.2) is 61.4 Å². The van der Waals surface area contributed by atoms with Crippen molar-refractivity contribution in [3.8, 4) is 39.8 Å². The summed E-state index contributed by atoms with van der Waals surface area (Å²) in [6.45, 7) is 3.52. The van der Waals surface area contributed by atoms with Gasteiger partial charge in [0.1, 0.15) is 35.7 Å². The zero-order valence-corrected chi connectivity index (χ0v) is 20.9. The Bertz CT molecular complexity index is 1780. The number of H-pyrrole nitrogens is 2. The Balaban J connectivity index is 1.23. The summed E-state index contributed by atoms with van der Waals surface area (Å²) in [6.07, 6.45) is 10.7. The molecule has 0 unspecified atom stereocenters. The lowest BCUT2D eigenvalue weighted by atomic mass is 10.1. The van der Waals surface area contributed by atoms with E-state index in [0.717, 1.165) is 47.3 Å². The molecular weight excluding hydrogens is 497 g/mol. The molecule has 5 aromatic heterocycles. The highest BCUT2D eigenvalue weighted by Gasteiger charge is 2.18. The first kappa shape index (κ1) is 23.4. The topological polar surface area (TPSA) is 121 Å². The van der Waals surface area contributed by atoms with E-state index in [1.54, 1.807) is 24.8 Å². The Morgan fingerprint density at radius 1 is 0.923 bits per heavy atom. The first-order chi connectivity index (χ1) is 19.2. The molecule has 0 aliphatic carbocycles. The van der Waals surface area contributed by atoms with E-state index in [2.05, 4.69) is 40.0 Å². The predicted molar refractivity (Wildman–Crippen MR) is 144 cm³/mol. The number of fused-ring (bicyclic) bond motifs is 2. The fourth-order valence-corrected chi connectivity index (χ4v) is 5.03. The van der Waals surface area contributed by atoms with Crippen LogP contribution in [0.4, 0.5) is 4.39 Å². The van der Waals surface area contributed by atoms with E-state index in [1.807, 2.05) is 18.2 Å². The minimum atomic E-state index is -0.388. The number of nitrogens with one attached hydrogen (secondary N) is 2. The summed E-state index contributed by atoms with van der Waals surface area (Å²) in [6, 6.07) is 8.44. The second-order valence-corrected chi connectivity index (χ2v) is 9.53. The molecule has 0 amide bonds. The number of pyridine rings is 2. The summed E-state index contributed by atoms with van der Waals surface area (Å²) in [4.78, 5) is 27.8. The van der Waals surface area contributed by atoms with E-state index in [0.29, 0.717) is 40.6 Å². The van der Waals surface area contributed by atoms with Crippen LogP contribution in [-0.2, 0) is 0 Å². The third-order valence-corrected chi connectivity index (χ3v) is 6.95. The molecule has 1 aromatic carbocycles. The fourth-order valence-electron chi connectivity index (χ4n) is 5.03. The molecule has 10 nitrogen and oxygen atoms in total. The summed E-state index contributed by atoms with van der Waals surface area (Å²) in [5.41, 5.74) is 5.46. The fraction of sp³-hybridized carbons (Fsp3) is 0.214. The molecule has 194 valence electrons. The number of aromatic amines is 2. The molecule has 6 aromatic rings. The standard InChI is InChI=1S/C28H24FN9O/c29-19-9-17(10-20(11-19)39-8-7-38-5-1-2-6-38)25-27-22(3-4-32-25)34-28(35-27)26-21-12-23(18-13-30-16-31-14-18)33-15-24(21)36-37-26/h3-4,9-16H,1-2,5-8H2,(H,34,35)(H,36,37). The van der Waals surface area contributed by atoms with Gasteiger partial charge in [-0.2, -0.15) is 5.10 Å². The molecule has 7 rings (SSSR count). The molecule has 1 aliphatic rings. The lowest BCUT2D eigenvalue weighted by Gasteiger charge is -2.15. The van der Waals surface area contributed by atoms with Crippen LogP contribution >= 0.6 is 0 Å². The van der Waals surface area contributed by atoms with Crippen molar-refractivity contribution in [3.63, 3.8) is 0 Å². The second-order valence-electron chi connectivity index (χ2n) is 9.53. The van der Waals surface area contributed by atoms with E-state index < -0.39 is 0 Å².